The number of hydrogen-bond acceptors (Lipinski definition) is 7. The molecule has 1 aliphatic heterocycles. The summed E-state index contributed by atoms with van der Waals surface area (Å²) >= 11 is 0. The smallest absolute Gasteiger partial charge is 0.253 e. The number of sulfone groups is 1. The highest BCUT2D eigenvalue weighted by Gasteiger charge is 2.40. The van der Waals surface area contributed by atoms with Gasteiger partial charge in [-0.25, -0.2) is 18.4 Å². The number of primary amides is 1. The topological polar surface area (TPSA) is 118 Å². The number of pyridine rings is 2. The Labute approximate surface area is 196 Å². The van der Waals surface area contributed by atoms with Gasteiger partial charge in [-0.1, -0.05) is 39.7 Å². The van der Waals surface area contributed by atoms with Gasteiger partial charge >= 0.3 is 0 Å². The van der Waals surface area contributed by atoms with E-state index in [-0.39, 0.29) is 21.0 Å². The van der Waals surface area contributed by atoms with Crippen molar-refractivity contribution in [1.29, 1.82) is 0 Å². The summed E-state index contributed by atoms with van der Waals surface area (Å²) in [6, 6.07) is 6.15. The summed E-state index contributed by atoms with van der Waals surface area (Å²) in [4.78, 5) is 23.1. The van der Waals surface area contributed by atoms with Crippen LogP contribution in [0, 0.1) is 11.8 Å². The molecule has 0 radical (unpaired) electrons. The van der Waals surface area contributed by atoms with Gasteiger partial charge in [-0.15, -0.1) is 0 Å². The third-order valence-corrected chi connectivity index (χ3v) is 8.18. The molecular formula is C24H35N5O3S. The molecule has 1 atom stereocenters. The summed E-state index contributed by atoms with van der Waals surface area (Å²) in [7, 11) is -4.11. The molecule has 0 aliphatic carbocycles. The van der Waals surface area contributed by atoms with Gasteiger partial charge in [0.1, 0.15) is 17.2 Å². The maximum absolute atomic E-state index is 13.6. The first-order valence-electron chi connectivity index (χ1n) is 11.5. The summed E-state index contributed by atoms with van der Waals surface area (Å²) in [5, 5.41) is 3.10. The molecule has 3 heterocycles. The Kier molecular flexibility index (Phi) is 7.31. The van der Waals surface area contributed by atoms with E-state index in [9.17, 15) is 13.2 Å². The zero-order valence-corrected chi connectivity index (χ0v) is 20.9. The second-order valence-electron chi connectivity index (χ2n) is 9.53. The van der Waals surface area contributed by atoms with Crippen molar-refractivity contribution in [1.82, 2.24) is 9.97 Å². The number of nitrogens with zero attached hydrogens (tertiary/aromatic N) is 3. The number of anilines is 2. The lowest BCUT2D eigenvalue weighted by Gasteiger charge is -2.33. The monoisotopic (exact) mass is 473 g/mol. The van der Waals surface area contributed by atoms with Crippen LogP contribution in [0.1, 0.15) is 64.2 Å². The Morgan fingerprint density at radius 1 is 1.27 bits per heavy atom. The number of nitrogens with one attached hydrogen (secondary N) is 1. The van der Waals surface area contributed by atoms with Crippen molar-refractivity contribution in [2.75, 3.05) is 23.3 Å². The molecule has 0 saturated carbocycles. The minimum Gasteiger partial charge on any atom is -0.370 e. The second-order valence-corrected chi connectivity index (χ2v) is 11.4. The van der Waals surface area contributed by atoms with Gasteiger partial charge in [-0.05, 0) is 50.3 Å². The molecule has 1 unspecified atom stereocenters. The minimum atomic E-state index is -4.11. The molecule has 1 aliphatic rings. The van der Waals surface area contributed by atoms with E-state index >= 15 is 0 Å². The summed E-state index contributed by atoms with van der Waals surface area (Å²) in [5.74, 6) is 0.813. The number of carbonyl (C=O) groups excluding carboxylic acids is 1. The third kappa shape index (κ3) is 5.13. The predicted molar refractivity (Wildman–Crippen MR) is 130 cm³/mol. The normalized spacial score (nSPS) is 18.0. The van der Waals surface area contributed by atoms with Crippen molar-refractivity contribution in [3.05, 3.63) is 36.0 Å². The largest absolute Gasteiger partial charge is 0.370 e. The highest BCUT2D eigenvalue weighted by Crippen LogP contribution is 2.39. The van der Waals surface area contributed by atoms with Crippen LogP contribution in [-0.2, 0) is 9.84 Å². The molecule has 180 valence electrons. The fourth-order valence-electron chi connectivity index (χ4n) is 4.66. The van der Waals surface area contributed by atoms with E-state index in [2.05, 4.69) is 49.9 Å². The van der Waals surface area contributed by atoms with Crippen LogP contribution in [0.5, 0.6) is 0 Å². The molecule has 0 bridgehead atoms. The van der Waals surface area contributed by atoms with E-state index in [0.717, 1.165) is 19.3 Å². The van der Waals surface area contributed by atoms with Gasteiger partial charge < -0.3 is 16.0 Å². The van der Waals surface area contributed by atoms with E-state index in [0.29, 0.717) is 36.6 Å². The van der Waals surface area contributed by atoms with Crippen molar-refractivity contribution >= 4 is 27.4 Å². The Hall–Kier alpha value is -2.68. The molecule has 2 aromatic heterocycles. The van der Waals surface area contributed by atoms with Gasteiger partial charge in [0.25, 0.3) is 5.91 Å². The van der Waals surface area contributed by atoms with Gasteiger partial charge in [-0.3, -0.25) is 4.79 Å². The lowest BCUT2D eigenvalue weighted by molar-refractivity contribution is 0.0997. The SMILES string of the molecule is CCC(CC)CNc1cccc(S(=O)(=O)c2ccnc(N3CC(C)CC3(C)C)c2C(N)=O)n1. The van der Waals surface area contributed by atoms with Crippen molar-refractivity contribution < 1.29 is 13.2 Å². The Morgan fingerprint density at radius 2 is 1.97 bits per heavy atom. The first-order chi connectivity index (χ1) is 15.5. The minimum absolute atomic E-state index is 0.0862. The molecule has 1 saturated heterocycles. The average molecular weight is 474 g/mol. The Bertz CT molecular complexity index is 1110. The van der Waals surface area contributed by atoms with E-state index in [1.54, 1.807) is 12.1 Å². The third-order valence-electron chi connectivity index (χ3n) is 6.48. The number of amides is 1. The molecule has 1 amide bonds. The molecule has 8 nitrogen and oxygen atoms in total. The van der Waals surface area contributed by atoms with Crippen LogP contribution >= 0.6 is 0 Å². The number of rotatable bonds is 9. The van der Waals surface area contributed by atoms with Crippen LogP contribution < -0.4 is 16.0 Å². The van der Waals surface area contributed by atoms with Crippen LogP contribution in [0.3, 0.4) is 0 Å². The highest BCUT2D eigenvalue weighted by atomic mass is 32.2. The highest BCUT2D eigenvalue weighted by molar-refractivity contribution is 7.91. The molecule has 3 rings (SSSR count). The zero-order chi connectivity index (χ0) is 24.4. The summed E-state index contributed by atoms with van der Waals surface area (Å²) in [5.41, 5.74) is 5.35. The van der Waals surface area contributed by atoms with Crippen LogP contribution in [0.4, 0.5) is 11.6 Å². The van der Waals surface area contributed by atoms with Crippen molar-refractivity contribution in [3.8, 4) is 0 Å². The van der Waals surface area contributed by atoms with Gasteiger partial charge in [0, 0.05) is 24.8 Å². The maximum Gasteiger partial charge on any atom is 0.253 e. The van der Waals surface area contributed by atoms with E-state index < -0.39 is 15.7 Å². The Morgan fingerprint density at radius 3 is 2.55 bits per heavy atom. The zero-order valence-electron chi connectivity index (χ0n) is 20.1. The number of hydrogen-bond donors (Lipinski definition) is 2. The molecule has 0 aromatic carbocycles. The standard InChI is InChI=1S/C24H35N5O3S/c1-6-17(7-2)14-27-19-9-8-10-20(28-19)33(31,32)18-11-12-26-23(21(18)22(25)30)29-15-16(3)13-24(29,4)5/h8-12,16-17H,6-7,13-15H2,1-5H3,(H2,25,30)(H,27,28). The van der Waals surface area contributed by atoms with Crippen LogP contribution in [-0.4, -0.2) is 42.9 Å². The molecule has 2 aromatic rings. The lowest BCUT2D eigenvalue weighted by Crippen LogP contribution is -2.40. The summed E-state index contributed by atoms with van der Waals surface area (Å²) < 4.78 is 27.2. The molecule has 33 heavy (non-hydrogen) atoms. The molecule has 1 fully saturated rings. The first kappa shape index (κ1) is 25.0. The number of carbonyl (C=O) groups is 1. The summed E-state index contributed by atoms with van der Waals surface area (Å²) in [6.45, 7) is 11.9. The molecule has 0 spiro atoms. The van der Waals surface area contributed by atoms with E-state index in [1.807, 2.05) is 4.90 Å². The Balaban J connectivity index is 2.04. The van der Waals surface area contributed by atoms with Gasteiger partial charge in [-0.2, -0.15) is 0 Å². The van der Waals surface area contributed by atoms with Crippen LogP contribution in [0.2, 0.25) is 0 Å². The number of aromatic nitrogens is 2. The predicted octanol–water partition coefficient (Wildman–Crippen LogP) is 3.88. The summed E-state index contributed by atoms with van der Waals surface area (Å²) in [6.07, 6.45) is 4.36. The van der Waals surface area contributed by atoms with Gasteiger partial charge in [0.15, 0.2) is 5.03 Å². The van der Waals surface area contributed by atoms with Gasteiger partial charge in [0.2, 0.25) is 9.84 Å². The van der Waals surface area contributed by atoms with Crippen molar-refractivity contribution in [3.63, 3.8) is 0 Å². The molecule has 3 N–H and O–H groups in total. The van der Waals surface area contributed by atoms with Crippen molar-refractivity contribution in [2.45, 2.75) is 69.3 Å². The number of nitrogens with two attached hydrogens (primary N) is 1. The quantitative estimate of drug-likeness (QED) is 0.567. The van der Waals surface area contributed by atoms with Crippen LogP contribution in [0.15, 0.2) is 40.4 Å². The first-order valence-corrected chi connectivity index (χ1v) is 13.0. The van der Waals surface area contributed by atoms with Gasteiger partial charge in [0.05, 0.1) is 4.90 Å². The van der Waals surface area contributed by atoms with E-state index in [4.69, 9.17) is 5.73 Å². The van der Waals surface area contributed by atoms with E-state index in [1.165, 1.54) is 18.3 Å². The molecular weight excluding hydrogens is 438 g/mol. The average Bonchev–Trinajstić information content (AvgIpc) is 3.05. The second kappa shape index (κ2) is 9.67. The lowest BCUT2D eigenvalue weighted by atomic mass is 9.97. The fourth-order valence-corrected chi connectivity index (χ4v) is 6.06. The molecule has 9 heteroatoms. The fraction of sp³-hybridized carbons (Fsp3) is 0.542. The maximum atomic E-state index is 13.6. The van der Waals surface area contributed by atoms with Crippen molar-refractivity contribution in [2.24, 2.45) is 17.6 Å². The van der Waals surface area contributed by atoms with Crippen LogP contribution in [0.25, 0.3) is 0 Å².